The summed E-state index contributed by atoms with van der Waals surface area (Å²) in [6, 6.07) is 46.9. The van der Waals surface area contributed by atoms with Crippen LogP contribution >= 0.6 is 0 Å². The van der Waals surface area contributed by atoms with Crippen LogP contribution in [0.15, 0.2) is 206 Å². The minimum Gasteiger partial charge on any atom is -0.310 e. The summed E-state index contributed by atoms with van der Waals surface area (Å²) in [5.41, 5.74) is 6.44. The van der Waals surface area contributed by atoms with Gasteiger partial charge in [0.05, 0.1) is 33.4 Å². The number of para-hydroxylation sites is 4. The topological polar surface area (TPSA) is 8.17 Å². The van der Waals surface area contributed by atoms with Gasteiger partial charge in [-0.05, 0) is 70.7 Å². The van der Waals surface area contributed by atoms with E-state index in [0.717, 1.165) is 33.0 Å². The SMILES string of the molecule is [2H]c1c([2H])c([2H])c(N(c2ccc(-c3ccccc3)cc2)c2ccc(-c3ccccc3)cc2)c(-c2c([2H])c([2H])c([2H])c([2H])c2-n2c3ccccc3c3ccccc32)c1[2H]. The summed E-state index contributed by atoms with van der Waals surface area (Å²) in [5.74, 6) is 0. The Morgan fingerprint density at radius 2 is 0.800 bits per heavy atom. The minimum atomic E-state index is -0.525. The number of fused-ring (bicyclic) bond motifs is 3. The Bertz CT molecular complexity index is 2880. The number of nitrogens with zero attached hydrogens (tertiary/aromatic N) is 2. The van der Waals surface area contributed by atoms with Crippen molar-refractivity contribution >= 4 is 38.9 Å². The zero-order chi connectivity index (χ0) is 40.2. The van der Waals surface area contributed by atoms with Gasteiger partial charge in [-0.3, -0.25) is 0 Å². The van der Waals surface area contributed by atoms with Crippen molar-refractivity contribution in [3.8, 4) is 39.1 Å². The predicted octanol–water partition coefficient (Wildman–Crippen LogP) is 13.3. The third-order valence-electron chi connectivity index (χ3n) is 9.08. The van der Waals surface area contributed by atoms with Gasteiger partial charge >= 0.3 is 0 Å². The fourth-order valence-electron chi connectivity index (χ4n) is 6.75. The van der Waals surface area contributed by atoms with Crippen LogP contribution in [0.5, 0.6) is 0 Å². The van der Waals surface area contributed by atoms with E-state index in [0.29, 0.717) is 22.4 Å². The predicted molar refractivity (Wildman–Crippen MR) is 212 cm³/mol. The highest BCUT2D eigenvalue weighted by molar-refractivity contribution is 6.10. The molecule has 2 nitrogen and oxygen atoms in total. The quantitative estimate of drug-likeness (QED) is 0.167. The molecule has 8 aromatic carbocycles. The molecule has 0 spiro atoms. The molecule has 0 atom stereocenters. The minimum absolute atomic E-state index is 0.0398. The molecule has 0 unspecified atom stereocenters. The maximum atomic E-state index is 9.60. The molecule has 0 aliphatic heterocycles. The van der Waals surface area contributed by atoms with Crippen molar-refractivity contribution in [2.75, 3.05) is 4.90 Å². The molecular weight excluding hydrogens is 605 g/mol. The first-order valence-electron chi connectivity index (χ1n) is 20.5. The lowest BCUT2D eigenvalue weighted by atomic mass is 9.98. The summed E-state index contributed by atoms with van der Waals surface area (Å²) in [7, 11) is 0. The van der Waals surface area contributed by atoms with E-state index in [1.54, 1.807) is 9.47 Å². The van der Waals surface area contributed by atoms with Crippen molar-refractivity contribution in [2.24, 2.45) is 0 Å². The molecule has 1 aromatic heterocycles. The van der Waals surface area contributed by atoms with Crippen LogP contribution in [0.3, 0.4) is 0 Å². The second kappa shape index (κ2) is 12.8. The van der Waals surface area contributed by atoms with Crippen molar-refractivity contribution in [1.29, 1.82) is 0 Å². The zero-order valence-corrected chi connectivity index (χ0v) is 26.9. The average molecular weight is 647 g/mol. The van der Waals surface area contributed by atoms with E-state index < -0.39 is 36.3 Å². The van der Waals surface area contributed by atoms with Crippen LogP contribution in [0.1, 0.15) is 11.0 Å². The molecule has 0 amide bonds. The molecule has 0 aliphatic carbocycles. The summed E-state index contributed by atoms with van der Waals surface area (Å²) in [5, 5.41) is 1.73. The van der Waals surface area contributed by atoms with E-state index in [4.69, 9.17) is 5.48 Å². The van der Waals surface area contributed by atoms with E-state index in [-0.39, 0.29) is 34.6 Å². The Morgan fingerprint density at radius 3 is 1.34 bits per heavy atom. The number of aromatic nitrogens is 1. The third kappa shape index (κ3) is 5.24. The number of rotatable bonds is 7. The molecule has 0 radical (unpaired) electrons. The fraction of sp³-hybridized carbons (Fsp3) is 0. The molecule has 2 heteroatoms. The number of hydrogen-bond acceptors (Lipinski definition) is 1. The summed E-state index contributed by atoms with van der Waals surface area (Å²) in [4.78, 5) is 1.76. The Morgan fingerprint density at radius 1 is 0.380 bits per heavy atom. The van der Waals surface area contributed by atoms with Crippen molar-refractivity contribution in [3.63, 3.8) is 0 Å². The van der Waals surface area contributed by atoms with E-state index in [1.807, 2.05) is 158 Å². The van der Waals surface area contributed by atoms with Crippen LogP contribution < -0.4 is 4.90 Å². The maximum absolute atomic E-state index is 9.60. The van der Waals surface area contributed by atoms with Gasteiger partial charge in [0.15, 0.2) is 0 Å². The highest BCUT2D eigenvalue weighted by atomic mass is 15.1. The van der Waals surface area contributed by atoms with Gasteiger partial charge < -0.3 is 9.47 Å². The van der Waals surface area contributed by atoms with Crippen LogP contribution in [0, 0.1) is 0 Å². The smallest absolute Gasteiger partial charge is 0.0645 e. The van der Waals surface area contributed by atoms with Gasteiger partial charge in [-0.15, -0.1) is 0 Å². The largest absolute Gasteiger partial charge is 0.310 e. The lowest BCUT2D eigenvalue weighted by Crippen LogP contribution is -2.11. The van der Waals surface area contributed by atoms with Crippen LogP contribution in [0.4, 0.5) is 17.1 Å². The summed E-state index contributed by atoms with van der Waals surface area (Å²) in [6.45, 7) is 0. The van der Waals surface area contributed by atoms with Crippen molar-refractivity contribution in [3.05, 3.63) is 206 Å². The molecule has 0 N–H and O–H groups in total. The zero-order valence-electron chi connectivity index (χ0n) is 34.9. The molecule has 50 heavy (non-hydrogen) atoms. The van der Waals surface area contributed by atoms with Gasteiger partial charge in [0, 0.05) is 33.3 Å². The molecule has 0 aliphatic rings. The van der Waals surface area contributed by atoms with Crippen LogP contribution in [-0.2, 0) is 0 Å². The lowest BCUT2D eigenvalue weighted by molar-refractivity contribution is 1.18. The summed E-state index contributed by atoms with van der Waals surface area (Å²) < 4.78 is 75.8. The second-order valence-electron chi connectivity index (χ2n) is 12.0. The van der Waals surface area contributed by atoms with Crippen LogP contribution in [0.25, 0.3) is 60.9 Å². The van der Waals surface area contributed by atoms with Crippen molar-refractivity contribution in [1.82, 2.24) is 4.57 Å². The van der Waals surface area contributed by atoms with Crippen molar-refractivity contribution in [2.45, 2.75) is 0 Å². The van der Waals surface area contributed by atoms with Gasteiger partial charge in [0.1, 0.15) is 0 Å². The third-order valence-corrected chi connectivity index (χ3v) is 9.08. The molecule has 0 saturated carbocycles. The summed E-state index contributed by atoms with van der Waals surface area (Å²) >= 11 is 0. The van der Waals surface area contributed by atoms with E-state index in [1.165, 1.54) is 0 Å². The van der Waals surface area contributed by atoms with Crippen LogP contribution in [0.2, 0.25) is 0 Å². The first-order valence-corrected chi connectivity index (χ1v) is 16.5. The highest BCUT2D eigenvalue weighted by Crippen LogP contribution is 2.44. The summed E-state index contributed by atoms with van der Waals surface area (Å²) in [6.07, 6.45) is 0. The normalized spacial score (nSPS) is 13.4. The molecule has 0 saturated heterocycles. The van der Waals surface area contributed by atoms with Crippen LogP contribution in [-0.4, -0.2) is 4.57 Å². The monoisotopic (exact) mass is 646 g/mol. The number of benzene rings is 8. The van der Waals surface area contributed by atoms with Crippen molar-refractivity contribution < 1.29 is 11.0 Å². The lowest BCUT2D eigenvalue weighted by Gasteiger charge is -2.29. The Hall–Kier alpha value is -6.64. The molecule has 1 heterocycles. The van der Waals surface area contributed by atoms with Gasteiger partial charge in [-0.1, -0.05) is 158 Å². The highest BCUT2D eigenvalue weighted by Gasteiger charge is 2.21. The average Bonchev–Trinajstić information content (AvgIpc) is 3.60. The van der Waals surface area contributed by atoms with Gasteiger partial charge in [0.2, 0.25) is 0 Å². The molecule has 9 aromatic rings. The number of anilines is 3. The maximum Gasteiger partial charge on any atom is 0.0645 e. The van der Waals surface area contributed by atoms with Gasteiger partial charge in [-0.25, -0.2) is 0 Å². The fourth-order valence-corrected chi connectivity index (χ4v) is 6.75. The molecule has 0 bridgehead atoms. The van der Waals surface area contributed by atoms with Gasteiger partial charge in [0.25, 0.3) is 0 Å². The van der Waals surface area contributed by atoms with E-state index in [9.17, 15) is 5.48 Å². The molecule has 236 valence electrons. The number of hydrogen-bond donors (Lipinski definition) is 0. The van der Waals surface area contributed by atoms with E-state index in [2.05, 4.69) is 0 Å². The molecule has 9 rings (SSSR count). The Labute approximate surface area is 304 Å². The first-order chi connectivity index (χ1) is 28.2. The standard InChI is InChI=1S/C48H34N2/c1-3-15-35(16-4-1)37-27-31-39(32-28-37)49(40-33-29-38(30-34-40)36-17-5-2-6-18-36)45-23-11-7-19-41(45)42-20-8-12-24-46(42)50-47-25-13-9-21-43(47)44-22-10-14-26-48(44)50/h1-34H/i7D,8D,11D,12D,19D,20D,23D,24D. The first kappa shape index (κ1) is 22.1. The van der Waals surface area contributed by atoms with E-state index >= 15 is 0 Å². The van der Waals surface area contributed by atoms with Gasteiger partial charge in [-0.2, -0.15) is 0 Å². The molecule has 0 fully saturated rings. The molecular formula is C48H34N2. The Kier molecular flexibility index (Phi) is 5.63. The Balaban J connectivity index is 1.39. The second-order valence-corrected chi connectivity index (χ2v) is 12.0.